The number of anilines is 1. The average Bonchev–Trinajstić information content (AvgIpc) is 2.76. The summed E-state index contributed by atoms with van der Waals surface area (Å²) in [6.45, 7) is 5.06. The molecule has 0 aliphatic carbocycles. The molecule has 0 unspecified atom stereocenters. The van der Waals surface area contributed by atoms with Crippen LogP contribution in [0.25, 0.3) is 16.7 Å². The van der Waals surface area contributed by atoms with Crippen LogP contribution in [0.4, 0.5) is 14.7 Å². The number of pyridine rings is 1. The van der Waals surface area contributed by atoms with Gasteiger partial charge in [0.1, 0.15) is 5.82 Å². The highest BCUT2D eigenvalue weighted by molar-refractivity contribution is 5.85. The lowest BCUT2D eigenvalue weighted by Crippen LogP contribution is -2.39. The van der Waals surface area contributed by atoms with Gasteiger partial charge in [0.05, 0.1) is 17.3 Å². The highest BCUT2D eigenvalue weighted by Gasteiger charge is 2.23. The van der Waals surface area contributed by atoms with Crippen molar-refractivity contribution in [2.75, 3.05) is 5.32 Å². The zero-order valence-corrected chi connectivity index (χ0v) is 19.4. The molecule has 0 spiro atoms. The molecule has 35 heavy (non-hydrogen) atoms. The van der Waals surface area contributed by atoms with Gasteiger partial charge in [0.2, 0.25) is 5.95 Å². The van der Waals surface area contributed by atoms with Gasteiger partial charge in [0, 0.05) is 11.6 Å². The van der Waals surface area contributed by atoms with Gasteiger partial charge in [-0.15, -0.1) is 12.4 Å². The van der Waals surface area contributed by atoms with E-state index in [1.807, 2.05) is 0 Å². The van der Waals surface area contributed by atoms with Crippen molar-refractivity contribution in [3.8, 4) is 17.2 Å². The van der Waals surface area contributed by atoms with Gasteiger partial charge >= 0.3 is 0 Å². The third-order valence-corrected chi connectivity index (χ3v) is 5.25. The van der Waals surface area contributed by atoms with Crippen LogP contribution >= 0.6 is 12.4 Å². The summed E-state index contributed by atoms with van der Waals surface area (Å²) >= 11 is 0. The standard InChI is InChI=1S/C24H22F2N4O3.CH4.ClH/c1-14(24(2,3)32)28-23-27-13-15-12-20(33-19-7-5-4-6-18(19)26)22(31)30(21(15)29-23)17-10-8-16(25)9-11-17;;/h4-14,32H,1-3H3,(H,27,28,29);1H4;1H/t14-;;/m0../s1. The summed E-state index contributed by atoms with van der Waals surface area (Å²) in [5, 5.41) is 13.7. The summed E-state index contributed by atoms with van der Waals surface area (Å²) in [6, 6.07) is 12.0. The monoisotopic (exact) mass is 504 g/mol. The number of benzene rings is 2. The molecule has 186 valence electrons. The van der Waals surface area contributed by atoms with Gasteiger partial charge < -0.3 is 15.2 Å². The molecule has 0 amide bonds. The van der Waals surface area contributed by atoms with E-state index in [2.05, 4.69) is 15.3 Å². The first-order valence-electron chi connectivity index (χ1n) is 10.2. The zero-order valence-electron chi connectivity index (χ0n) is 18.6. The number of rotatable bonds is 6. The Kier molecular flexibility index (Phi) is 8.54. The smallest absolute Gasteiger partial charge is 0.299 e. The fraction of sp³-hybridized carbons (Fsp3) is 0.240. The minimum Gasteiger partial charge on any atom is -0.448 e. The molecule has 4 rings (SSSR count). The Morgan fingerprint density at radius 2 is 1.74 bits per heavy atom. The van der Waals surface area contributed by atoms with Crippen LogP contribution in [0.5, 0.6) is 11.5 Å². The number of para-hydroxylation sites is 1. The molecule has 0 aliphatic heterocycles. The summed E-state index contributed by atoms with van der Waals surface area (Å²) in [6.07, 6.45) is 1.48. The number of hydrogen-bond acceptors (Lipinski definition) is 6. The Bertz CT molecular complexity index is 1370. The Balaban J connectivity index is 0.00000216. The summed E-state index contributed by atoms with van der Waals surface area (Å²) < 4.78 is 34.5. The van der Waals surface area contributed by atoms with Crippen LogP contribution < -0.4 is 15.6 Å². The second-order valence-electron chi connectivity index (χ2n) is 8.15. The van der Waals surface area contributed by atoms with Crippen LogP contribution in [-0.4, -0.2) is 31.3 Å². The van der Waals surface area contributed by atoms with E-state index < -0.39 is 28.8 Å². The van der Waals surface area contributed by atoms with E-state index in [4.69, 9.17) is 4.74 Å². The lowest BCUT2D eigenvalue weighted by atomic mass is 10.0. The number of ether oxygens (including phenoxy) is 1. The third kappa shape index (κ3) is 5.93. The summed E-state index contributed by atoms with van der Waals surface area (Å²) in [4.78, 5) is 22.1. The lowest BCUT2D eigenvalue weighted by Gasteiger charge is -2.26. The van der Waals surface area contributed by atoms with Crippen molar-refractivity contribution >= 4 is 29.4 Å². The van der Waals surface area contributed by atoms with Gasteiger partial charge in [-0.2, -0.15) is 4.98 Å². The second kappa shape index (κ2) is 10.8. The van der Waals surface area contributed by atoms with Gasteiger partial charge in [0.15, 0.2) is 23.0 Å². The molecule has 0 bridgehead atoms. The number of hydrogen-bond donors (Lipinski definition) is 2. The fourth-order valence-corrected chi connectivity index (χ4v) is 3.06. The van der Waals surface area contributed by atoms with Crippen LogP contribution in [0.15, 0.2) is 65.6 Å². The second-order valence-corrected chi connectivity index (χ2v) is 8.15. The first kappa shape index (κ1) is 27.7. The molecule has 0 aliphatic rings. The van der Waals surface area contributed by atoms with Crippen LogP contribution in [0.3, 0.4) is 0 Å². The van der Waals surface area contributed by atoms with Crippen molar-refractivity contribution in [3.63, 3.8) is 0 Å². The number of fused-ring (bicyclic) bond motifs is 1. The molecule has 0 saturated heterocycles. The van der Waals surface area contributed by atoms with Crippen molar-refractivity contribution in [2.24, 2.45) is 0 Å². The Morgan fingerprint density at radius 1 is 1.09 bits per heavy atom. The van der Waals surface area contributed by atoms with Crippen LogP contribution in [0, 0.1) is 11.6 Å². The topological polar surface area (TPSA) is 89.3 Å². The molecular weight excluding hydrogens is 478 g/mol. The van der Waals surface area contributed by atoms with E-state index in [-0.39, 0.29) is 42.9 Å². The van der Waals surface area contributed by atoms with Gasteiger partial charge in [-0.25, -0.2) is 13.8 Å². The van der Waals surface area contributed by atoms with Gasteiger partial charge in [-0.3, -0.25) is 9.36 Å². The molecule has 1 atom stereocenters. The Labute approximate surface area is 207 Å². The highest BCUT2D eigenvalue weighted by Crippen LogP contribution is 2.26. The Morgan fingerprint density at radius 3 is 2.37 bits per heavy atom. The fourth-order valence-electron chi connectivity index (χ4n) is 3.06. The number of aromatic nitrogens is 3. The maximum atomic E-state index is 14.1. The van der Waals surface area contributed by atoms with Gasteiger partial charge in [-0.1, -0.05) is 19.6 Å². The molecule has 0 saturated carbocycles. The van der Waals surface area contributed by atoms with E-state index in [1.165, 1.54) is 59.3 Å². The van der Waals surface area contributed by atoms with Crippen molar-refractivity contribution in [1.82, 2.24) is 14.5 Å². The first-order chi connectivity index (χ1) is 15.6. The molecular formula is C25H27ClF2N4O3. The third-order valence-electron chi connectivity index (χ3n) is 5.25. The average molecular weight is 505 g/mol. The summed E-state index contributed by atoms with van der Waals surface area (Å²) in [5.41, 5.74) is -1.09. The summed E-state index contributed by atoms with van der Waals surface area (Å²) in [5.74, 6) is -1.16. The molecule has 4 aromatic rings. The minimum absolute atomic E-state index is 0. The molecule has 2 N–H and O–H groups in total. The van der Waals surface area contributed by atoms with Crippen molar-refractivity contribution in [3.05, 3.63) is 82.8 Å². The largest absolute Gasteiger partial charge is 0.448 e. The van der Waals surface area contributed by atoms with Crippen LogP contribution in [0.2, 0.25) is 0 Å². The SMILES string of the molecule is C.C[C@H](Nc1ncc2cc(Oc3ccccc3F)c(=O)n(-c3ccc(F)cc3)c2n1)C(C)(C)O.Cl. The normalized spacial score (nSPS) is 11.8. The predicted octanol–water partition coefficient (Wildman–Crippen LogP) is 5.48. The van der Waals surface area contributed by atoms with E-state index >= 15 is 0 Å². The van der Waals surface area contributed by atoms with E-state index in [1.54, 1.807) is 26.8 Å². The number of aliphatic hydroxyl groups is 1. The van der Waals surface area contributed by atoms with Gasteiger partial charge in [-0.05, 0) is 63.2 Å². The maximum Gasteiger partial charge on any atom is 0.299 e. The van der Waals surface area contributed by atoms with Crippen molar-refractivity contribution in [2.45, 2.75) is 39.8 Å². The number of nitrogens with zero attached hydrogens (tertiary/aromatic N) is 3. The number of nitrogens with one attached hydrogen (secondary N) is 1. The molecule has 10 heteroatoms. The lowest BCUT2D eigenvalue weighted by molar-refractivity contribution is 0.0646. The van der Waals surface area contributed by atoms with Crippen LogP contribution in [0.1, 0.15) is 28.2 Å². The predicted molar refractivity (Wildman–Crippen MR) is 135 cm³/mol. The molecule has 0 fully saturated rings. The van der Waals surface area contributed by atoms with E-state index in [0.29, 0.717) is 11.1 Å². The molecule has 2 aromatic heterocycles. The van der Waals surface area contributed by atoms with Crippen molar-refractivity contribution < 1.29 is 18.6 Å². The van der Waals surface area contributed by atoms with Crippen molar-refractivity contribution in [1.29, 1.82) is 0 Å². The zero-order chi connectivity index (χ0) is 23.8. The van der Waals surface area contributed by atoms with Gasteiger partial charge in [0.25, 0.3) is 5.56 Å². The summed E-state index contributed by atoms with van der Waals surface area (Å²) in [7, 11) is 0. The van der Waals surface area contributed by atoms with Crippen LogP contribution in [-0.2, 0) is 0 Å². The highest BCUT2D eigenvalue weighted by atomic mass is 35.5. The quantitative estimate of drug-likeness (QED) is 0.361. The maximum absolute atomic E-state index is 14.1. The first-order valence-corrected chi connectivity index (χ1v) is 10.2. The van der Waals surface area contributed by atoms with E-state index in [9.17, 15) is 18.7 Å². The molecule has 0 radical (unpaired) electrons. The Hall–Kier alpha value is -3.56. The minimum atomic E-state index is -1.05. The molecule has 2 heterocycles. The number of halogens is 3. The molecule has 7 nitrogen and oxygen atoms in total. The molecule has 2 aromatic carbocycles. The van der Waals surface area contributed by atoms with E-state index in [0.717, 1.165) is 0 Å².